The number of carbonyl (C=O) groups is 2. The second-order valence-corrected chi connectivity index (χ2v) is 6.09. The number of amides is 1. The minimum atomic E-state index is -4.71. The van der Waals surface area contributed by atoms with E-state index in [4.69, 9.17) is 0 Å². The molecule has 2 aromatic heterocycles. The summed E-state index contributed by atoms with van der Waals surface area (Å²) in [6, 6.07) is 7.97. The van der Waals surface area contributed by atoms with E-state index in [0.29, 0.717) is 5.56 Å². The van der Waals surface area contributed by atoms with Gasteiger partial charge >= 0.3 is 12.1 Å². The third-order valence-electron chi connectivity index (χ3n) is 4.01. The normalized spacial score (nSPS) is 12.4. The van der Waals surface area contributed by atoms with Crippen molar-refractivity contribution in [3.8, 4) is 5.95 Å². The minimum Gasteiger partial charge on any atom is -0.469 e. The monoisotopic (exact) mass is 423 g/mol. The summed E-state index contributed by atoms with van der Waals surface area (Å²) in [5.41, 5.74) is 0.649. The van der Waals surface area contributed by atoms with Gasteiger partial charge in [0.2, 0.25) is 11.6 Å². The van der Waals surface area contributed by atoms with Crippen molar-refractivity contribution in [1.82, 2.24) is 35.3 Å². The maximum Gasteiger partial charge on any atom is 0.451 e. The lowest BCUT2D eigenvalue weighted by atomic mass is 10.0. The SMILES string of the molecule is COC(=O)CC(NC(=O)c1nc(C)n(-c2n[nH]c(C(F)(F)F)n2)n1)c1ccccc1. The molecule has 0 aliphatic rings. The number of aryl methyl sites for hydroxylation is 1. The first-order valence-electron chi connectivity index (χ1n) is 8.55. The zero-order valence-electron chi connectivity index (χ0n) is 15.8. The van der Waals surface area contributed by atoms with Crippen LogP contribution in [0, 0.1) is 6.92 Å². The van der Waals surface area contributed by atoms with Gasteiger partial charge < -0.3 is 10.1 Å². The maximum atomic E-state index is 12.7. The van der Waals surface area contributed by atoms with Gasteiger partial charge in [0, 0.05) is 0 Å². The van der Waals surface area contributed by atoms with Crippen LogP contribution in [0.4, 0.5) is 13.2 Å². The fraction of sp³-hybridized carbons (Fsp3) is 0.294. The van der Waals surface area contributed by atoms with Crippen molar-refractivity contribution in [3.63, 3.8) is 0 Å². The first-order chi connectivity index (χ1) is 14.2. The van der Waals surface area contributed by atoms with Gasteiger partial charge in [0.15, 0.2) is 0 Å². The Labute approximate surface area is 167 Å². The Balaban J connectivity index is 1.83. The molecule has 1 aromatic carbocycles. The van der Waals surface area contributed by atoms with E-state index in [-0.39, 0.29) is 18.1 Å². The molecular weight excluding hydrogens is 407 g/mol. The second-order valence-electron chi connectivity index (χ2n) is 6.09. The number of rotatable bonds is 6. The van der Waals surface area contributed by atoms with Crippen LogP contribution in [0.3, 0.4) is 0 Å². The van der Waals surface area contributed by atoms with Gasteiger partial charge in [0.1, 0.15) is 5.82 Å². The van der Waals surface area contributed by atoms with Gasteiger partial charge in [-0.2, -0.15) is 22.8 Å². The number of nitrogens with one attached hydrogen (secondary N) is 2. The molecule has 30 heavy (non-hydrogen) atoms. The summed E-state index contributed by atoms with van der Waals surface area (Å²) in [4.78, 5) is 31.6. The molecule has 0 radical (unpaired) electrons. The lowest BCUT2D eigenvalue weighted by molar-refractivity contribution is -0.144. The molecule has 2 N–H and O–H groups in total. The molecule has 0 saturated heterocycles. The largest absolute Gasteiger partial charge is 0.469 e. The Morgan fingerprint density at radius 3 is 2.53 bits per heavy atom. The average Bonchev–Trinajstić information content (AvgIpc) is 3.34. The molecular formula is C17H16F3N7O3. The minimum absolute atomic E-state index is 0.0945. The fourth-order valence-corrected chi connectivity index (χ4v) is 2.56. The Morgan fingerprint density at radius 2 is 1.93 bits per heavy atom. The van der Waals surface area contributed by atoms with Gasteiger partial charge in [-0.1, -0.05) is 30.3 Å². The van der Waals surface area contributed by atoms with Crippen molar-refractivity contribution >= 4 is 11.9 Å². The van der Waals surface area contributed by atoms with Crippen molar-refractivity contribution in [2.75, 3.05) is 7.11 Å². The van der Waals surface area contributed by atoms with Crippen LogP contribution in [0.5, 0.6) is 0 Å². The van der Waals surface area contributed by atoms with Crippen LogP contribution in [0.2, 0.25) is 0 Å². The van der Waals surface area contributed by atoms with E-state index in [1.807, 2.05) is 0 Å². The van der Waals surface area contributed by atoms with Crippen LogP contribution in [0.15, 0.2) is 30.3 Å². The lowest BCUT2D eigenvalue weighted by Crippen LogP contribution is -2.31. The van der Waals surface area contributed by atoms with Crippen LogP contribution in [-0.2, 0) is 15.7 Å². The molecule has 0 aliphatic carbocycles. The number of benzene rings is 1. The highest BCUT2D eigenvalue weighted by Gasteiger charge is 2.36. The number of aromatic nitrogens is 6. The Morgan fingerprint density at radius 1 is 1.23 bits per heavy atom. The molecule has 0 bridgehead atoms. The molecule has 13 heteroatoms. The van der Waals surface area contributed by atoms with E-state index < -0.39 is 35.9 Å². The number of H-pyrrole nitrogens is 1. The first-order valence-corrected chi connectivity index (χ1v) is 8.55. The molecule has 0 spiro atoms. The quantitative estimate of drug-likeness (QED) is 0.578. The third kappa shape index (κ3) is 4.61. The van der Waals surface area contributed by atoms with Gasteiger partial charge in [-0.05, 0) is 12.5 Å². The van der Waals surface area contributed by atoms with Crippen molar-refractivity contribution < 1.29 is 27.5 Å². The average molecular weight is 423 g/mol. The molecule has 0 fully saturated rings. The summed E-state index contributed by atoms with van der Waals surface area (Å²) in [5.74, 6) is -3.23. The summed E-state index contributed by atoms with van der Waals surface area (Å²) in [6.45, 7) is 1.43. The number of nitrogens with zero attached hydrogens (tertiary/aromatic N) is 5. The number of halogens is 3. The second kappa shape index (κ2) is 8.31. The summed E-state index contributed by atoms with van der Waals surface area (Å²) in [6.07, 6.45) is -4.85. The predicted octanol–water partition coefficient (Wildman–Crippen LogP) is 1.75. The van der Waals surface area contributed by atoms with E-state index in [2.05, 4.69) is 30.2 Å². The van der Waals surface area contributed by atoms with Crippen molar-refractivity contribution in [3.05, 3.63) is 53.4 Å². The molecule has 0 aliphatic heterocycles. The van der Waals surface area contributed by atoms with E-state index >= 15 is 0 Å². The molecule has 3 aromatic rings. The standard InChI is InChI=1S/C17H16F3N7O3/c1-9-21-13(26-27(9)16-23-15(24-25-16)17(18,19)20)14(29)22-11(8-12(28)30-2)10-6-4-3-5-7-10/h3-7,11H,8H2,1-2H3,(H,22,29)(H,23,24,25). The van der Waals surface area contributed by atoms with Crippen LogP contribution >= 0.6 is 0 Å². The number of esters is 1. The number of alkyl halides is 3. The third-order valence-corrected chi connectivity index (χ3v) is 4.01. The number of carbonyl (C=O) groups excluding carboxylic acids is 2. The first kappa shape index (κ1) is 21.0. The van der Waals surface area contributed by atoms with Gasteiger partial charge in [-0.25, -0.2) is 4.98 Å². The van der Waals surface area contributed by atoms with Crippen molar-refractivity contribution in [2.24, 2.45) is 0 Å². The number of hydrogen-bond donors (Lipinski definition) is 2. The number of hydrogen-bond acceptors (Lipinski definition) is 7. The predicted molar refractivity (Wildman–Crippen MR) is 94.3 cm³/mol. The lowest BCUT2D eigenvalue weighted by Gasteiger charge is -2.17. The van der Waals surface area contributed by atoms with E-state index in [9.17, 15) is 22.8 Å². The van der Waals surface area contributed by atoms with Crippen LogP contribution in [0.1, 0.15) is 40.3 Å². The topological polar surface area (TPSA) is 128 Å². The number of ether oxygens (including phenoxy) is 1. The molecule has 1 amide bonds. The zero-order valence-corrected chi connectivity index (χ0v) is 15.8. The summed E-state index contributed by atoms with van der Waals surface area (Å²) >= 11 is 0. The Kier molecular flexibility index (Phi) is 5.80. The van der Waals surface area contributed by atoms with E-state index in [1.54, 1.807) is 35.4 Å². The van der Waals surface area contributed by atoms with E-state index in [0.717, 1.165) is 4.68 Å². The summed E-state index contributed by atoms with van der Waals surface area (Å²) < 4.78 is 43.7. The Bertz CT molecular complexity index is 1050. The highest BCUT2D eigenvalue weighted by Crippen LogP contribution is 2.26. The molecule has 158 valence electrons. The number of methoxy groups -OCH3 is 1. The summed E-state index contributed by atoms with van der Waals surface area (Å²) in [5, 5.41) is 11.7. The summed E-state index contributed by atoms with van der Waals surface area (Å²) in [7, 11) is 1.23. The molecule has 2 heterocycles. The highest BCUT2D eigenvalue weighted by atomic mass is 19.4. The van der Waals surface area contributed by atoms with Gasteiger partial charge in [0.05, 0.1) is 19.6 Å². The van der Waals surface area contributed by atoms with Crippen molar-refractivity contribution in [1.29, 1.82) is 0 Å². The Hall–Kier alpha value is -3.77. The molecule has 1 unspecified atom stereocenters. The number of aromatic amines is 1. The van der Waals surface area contributed by atoms with Crippen molar-refractivity contribution in [2.45, 2.75) is 25.6 Å². The van der Waals surface area contributed by atoms with Crippen LogP contribution in [0.25, 0.3) is 5.95 Å². The zero-order chi connectivity index (χ0) is 21.9. The van der Waals surface area contributed by atoms with Crippen LogP contribution in [-0.4, -0.2) is 48.9 Å². The highest BCUT2D eigenvalue weighted by molar-refractivity contribution is 5.91. The van der Waals surface area contributed by atoms with E-state index in [1.165, 1.54) is 14.0 Å². The molecule has 1 atom stereocenters. The molecule has 0 saturated carbocycles. The van der Waals surface area contributed by atoms with Crippen LogP contribution < -0.4 is 5.32 Å². The fourth-order valence-electron chi connectivity index (χ4n) is 2.56. The smallest absolute Gasteiger partial charge is 0.451 e. The van der Waals surface area contributed by atoms with Gasteiger partial charge in [0.25, 0.3) is 11.9 Å². The maximum absolute atomic E-state index is 12.7. The van der Waals surface area contributed by atoms with Gasteiger partial charge in [-0.15, -0.1) is 10.2 Å². The van der Waals surface area contributed by atoms with Gasteiger partial charge in [-0.3, -0.25) is 14.7 Å². The molecule has 10 nitrogen and oxygen atoms in total. The molecule has 3 rings (SSSR count).